The molecule has 2 aromatic rings. The highest BCUT2D eigenvalue weighted by atomic mass is 32.2. The van der Waals surface area contributed by atoms with Crippen molar-refractivity contribution >= 4 is 17.9 Å². The molecule has 1 amide bonds. The standard InChI is InChI=1S/C20H23NOS/c1-15(17-5-3-2-4-6-17)7-8-16-9-13-19(14-10-16)23-21-20(22)18-11-12-18/h2-6,9-10,13-15,18H,7-8,11-12H2,1H3,(H,21,22). The number of hydrogen-bond acceptors (Lipinski definition) is 2. The fourth-order valence-electron chi connectivity index (χ4n) is 2.59. The monoisotopic (exact) mass is 325 g/mol. The summed E-state index contributed by atoms with van der Waals surface area (Å²) >= 11 is 1.43. The zero-order valence-corrected chi connectivity index (χ0v) is 14.3. The number of amides is 1. The smallest absolute Gasteiger partial charge is 0.233 e. The van der Waals surface area contributed by atoms with Crippen molar-refractivity contribution in [1.29, 1.82) is 0 Å². The molecular weight excluding hydrogens is 302 g/mol. The lowest BCUT2D eigenvalue weighted by atomic mass is 9.94. The van der Waals surface area contributed by atoms with E-state index >= 15 is 0 Å². The Bertz CT molecular complexity index is 634. The van der Waals surface area contributed by atoms with Crippen LogP contribution in [0, 0.1) is 5.92 Å². The second kappa shape index (κ2) is 7.69. The number of nitrogens with one attached hydrogen (secondary N) is 1. The second-order valence-corrected chi connectivity index (χ2v) is 7.22. The van der Waals surface area contributed by atoms with E-state index in [1.807, 2.05) is 0 Å². The largest absolute Gasteiger partial charge is 0.296 e. The molecule has 1 aliphatic carbocycles. The predicted octanol–water partition coefficient (Wildman–Crippen LogP) is 4.96. The SMILES string of the molecule is CC(CCc1ccc(SNC(=O)C2CC2)cc1)c1ccccc1. The van der Waals surface area contributed by atoms with Crippen LogP contribution < -0.4 is 4.72 Å². The van der Waals surface area contributed by atoms with E-state index in [2.05, 4.69) is 66.2 Å². The van der Waals surface area contributed by atoms with Crippen molar-refractivity contribution in [2.75, 3.05) is 0 Å². The third kappa shape index (κ3) is 4.87. The van der Waals surface area contributed by atoms with Crippen LogP contribution in [-0.4, -0.2) is 5.91 Å². The number of hydrogen-bond donors (Lipinski definition) is 1. The number of carbonyl (C=O) groups is 1. The summed E-state index contributed by atoms with van der Waals surface area (Å²) in [5.74, 6) is 1.01. The average molecular weight is 325 g/mol. The molecule has 1 saturated carbocycles. The van der Waals surface area contributed by atoms with Crippen molar-refractivity contribution < 1.29 is 4.79 Å². The Morgan fingerprint density at radius 2 is 1.83 bits per heavy atom. The molecule has 1 fully saturated rings. The van der Waals surface area contributed by atoms with Crippen molar-refractivity contribution in [3.8, 4) is 0 Å². The number of benzene rings is 2. The van der Waals surface area contributed by atoms with Gasteiger partial charge in [0.2, 0.25) is 5.91 Å². The van der Waals surface area contributed by atoms with Crippen LogP contribution in [0.5, 0.6) is 0 Å². The van der Waals surface area contributed by atoms with E-state index in [4.69, 9.17) is 0 Å². The maximum absolute atomic E-state index is 11.6. The second-order valence-electron chi connectivity index (χ2n) is 6.34. The molecule has 120 valence electrons. The van der Waals surface area contributed by atoms with Gasteiger partial charge < -0.3 is 0 Å². The van der Waals surface area contributed by atoms with Gasteiger partial charge in [0.15, 0.2) is 0 Å². The summed E-state index contributed by atoms with van der Waals surface area (Å²) in [6.45, 7) is 2.28. The fraction of sp³-hybridized carbons (Fsp3) is 0.350. The van der Waals surface area contributed by atoms with E-state index in [1.165, 1.54) is 23.1 Å². The van der Waals surface area contributed by atoms with Crippen LogP contribution in [0.3, 0.4) is 0 Å². The van der Waals surface area contributed by atoms with Gasteiger partial charge >= 0.3 is 0 Å². The minimum Gasteiger partial charge on any atom is -0.296 e. The van der Waals surface area contributed by atoms with E-state index in [0.29, 0.717) is 5.92 Å². The quantitative estimate of drug-likeness (QED) is 0.729. The lowest BCUT2D eigenvalue weighted by Crippen LogP contribution is -2.16. The van der Waals surface area contributed by atoms with Gasteiger partial charge in [-0.3, -0.25) is 9.52 Å². The summed E-state index contributed by atoms with van der Waals surface area (Å²) in [5, 5.41) is 0. The van der Waals surface area contributed by atoms with Gasteiger partial charge in [0.05, 0.1) is 0 Å². The van der Waals surface area contributed by atoms with Gasteiger partial charge in [0.25, 0.3) is 0 Å². The van der Waals surface area contributed by atoms with Crippen LogP contribution in [-0.2, 0) is 11.2 Å². The lowest BCUT2D eigenvalue weighted by molar-refractivity contribution is -0.120. The molecule has 3 heteroatoms. The Kier molecular flexibility index (Phi) is 5.39. The summed E-state index contributed by atoms with van der Waals surface area (Å²) in [7, 11) is 0. The molecule has 0 saturated heterocycles. The van der Waals surface area contributed by atoms with Crippen LogP contribution in [0.1, 0.15) is 43.2 Å². The minimum absolute atomic E-state index is 0.177. The topological polar surface area (TPSA) is 29.1 Å². The van der Waals surface area contributed by atoms with Gasteiger partial charge in [-0.1, -0.05) is 49.4 Å². The zero-order chi connectivity index (χ0) is 16.1. The highest BCUT2D eigenvalue weighted by Gasteiger charge is 2.29. The van der Waals surface area contributed by atoms with E-state index in [0.717, 1.165) is 30.6 Å². The fourth-order valence-corrected chi connectivity index (χ4v) is 3.25. The first kappa shape index (κ1) is 16.1. The highest BCUT2D eigenvalue weighted by molar-refractivity contribution is 7.98. The lowest BCUT2D eigenvalue weighted by Gasteiger charge is -2.12. The third-order valence-corrected chi connectivity index (χ3v) is 5.19. The summed E-state index contributed by atoms with van der Waals surface area (Å²) in [4.78, 5) is 12.7. The first-order chi connectivity index (χ1) is 11.2. The molecule has 0 heterocycles. The van der Waals surface area contributed by atoms with Gasteiger partial charge in [0, 0.05) is 10.8 Å². The minimum atomic E-state index is 0.177. The number of aryl methyl sites for hydroxylation is 1. The Labute approximate surface area is 142 Å². The van der Waals surface area contributed by atoms with E-state index in [1.54, 1.807) is 0 Å². The molecule has 3 rings (SSSR count). The van der Waals surface area contributed by atoms with Crippen LogP contribution in [0.2, 0.25) is 0 Å². The first-order valence-corrected chi connectivity index (χ1v) is 9.14. The predicted molar refractivity (Wildman–Crippen MR) is 96.3 cm³/mol. The Morgan fingerprint density at radius 1 is 1.13 bits per heavy atom. The van der Waals surface area contributed by atoms with Gasteiger partial charge in [-0.2, -0.15) is 0 Å². The first-order valence-electron chi connectivity index (χ1n) is 8.33. The van der Waals surface area contributed by atoms with Crippen LogP contribution >= 0.6 is 11.9 Å². The van der Waals surface area contributed by atoms with Crippen LogP contribution in [0.4, 0.5) is 0 Å². The van der Waals surface area contributed by atoms with E-state index in [9.17, 15) is 4.79 Å². The highest BCUT2D eigenvalue weighted by Crippen LogP contribution is 2.30. The van der Waals surface area contributed by atoms with Gasteiger partial charge in [-0.15, -0.1) is 0 Å². The summed E-state index contributed by atoms with van der Waals surface area (Å²) in [5.41, 5.74) is 2.76. The molecule has 0 spiro atoms. The molecule has 1 N–H and O–H groups in total. The van der Waals surface area contributed by atoms with Crippen molar-refractivity contribution in [2.45, 2.75) is 43.4 Å². The van der Waals surface area contributed by atoms with E-state index < -0.39 is 0 Å². The average Bonchev–Trinajstić information content (AvgIpc) is 3.44. The van der Waals surface area contributed by atoms with Crippen LogP contribution in [0.15, 0.2) is 59.5 Å². The summed E-state index contributed by atoms with van der Waals surface area (Å²) in [6, 6.07) is 19.2. The molecule has 0 radical (unpaired) electrons. The summed E-state index contributed by atoms with van der Waals surface area (Å²) < 4.78 is 2.93. The van der Waals surface area contributed by atoms with Crippen molar-refractivity contribution in [2.24, 2.45) is 5.92 Å². The molecule has 1 aliphatic rings. The molecule has 0 aromatic heterocycles. The molecule has 0 aliphatic heterocycles. The number of carbonyl (C=O) groups excluding carboxylic acids is 1. The maximum atomic E-state index is 11.6. The number of rotatable bonds is 7. The maximum Gasteiger partial charge on any atom is 0.233 e. The molecule has 1 unspecified atom stereocenters. The van der Waals surface area contributed by atoms with Crippen molar-refractivity contribution in [3.05, 3.63) is 65.7 Å². The molecule has 23 heavy (non-hydrogen) atoms. The normalized spacial score (nSPS) is 15.2. The Hall–Kier alpha value is -1.74. The van der Waals surface area contributed by atoms with Gasteiger partial charge in [-0.25, -0.2) is 0 Å². The Balaban J connectivity index is 1.46. The molecule has 1 atom stereocenters. The van der Waals surface area contributed by atoms with Crippen molar-refractivity contribution in [1.82, 2.24) is 4.72 Å². The van der Waals surface area contributed by atoms with Gasteiger partial charge in [0.1, 0.15) is 0 Å². The molecule has 2 aromatic carbocycles. The Morgan fingerprint density at radius 3 is 2.48 bits per heavy atom. The van der Waals surface area contributed by atoms with Crippen LogP contribution in [0.25, 0.3) is 0 Å². The van der Waals surface area contributed by atoms with Crippen molar-refractivity contribution in [3.63, 3.8) is 0 Å². The molecule has 0 bridgehead atoms. The van der Waals surface area contributed by atoms with Gasteiger partial charge in [-0.05, 0) is 66.8 Å². The molecule has 2 nitrogen and oxygen atoms in total. The third-order valence-electron chi connectivity index (χ3n) is 4.38. The summed E-state index contributed by atoms with van der Waals surface area (Å²) in [6.07, 6.45) is 4.32. The zero-order valence-electron chi connectivity index (χ0n) is 13.5. The van der Waals surface area contributed by atoms with E-state index in [-0.39, 0.29) is 11.8 Å². The molecular formula is C20H23NOS.